The highest BCUT2D eigenvalue weighted by Gasteiger charge is 2.29. The van der Waals surface area contributed by atoms with E-state index < -0.39 is 28.5 Å². The van der Waals surface area contributed by atoms with Crippen molar-refractivity contribution in [3.8, 4) is 0 Å². The van der Waals surface area contributed by atoms with Gasteiger partial charge >= 0.3 is 10.2 Å². The molecule has 0 atom stereocenters. The molecule has 2 rings (SSSR count). The van der Waals surface area contributed by atoms with Gasteiger partial charge in [0.05, 0.1) is 5.69 Å². The summed E-state index contributed by atoms with van der Waals surface area (Å²) >= 11 is 0. The van der Waals surface area contributed by atoms with Crippen molar-refractivity contribution in [2.45, 2.75) is 6.42 Å². The van der Waals surface area contributed by atoms with Crippen molar-refractivity contribution in [3.63, 3.8) is 0 Å². The van der Waals surface area contributed by atoms with Gasteiger partial charge in [-0.15, -0.1) is 0 Å². The van der Waals surface area contributed by atoms with Crippen LogP contribution in [0, 0.1) is 5.82 Å². The summed E-state index contributed by atoms with van der Waals surface area (Å²) < 4.78 is 41.1. The number of benzene rings is 1. The maximum absolute atomic E-state index is 14.2. The van der Waals surface area contributed by atoms with Crippen LogP contribution in [0.1, 0.15) is 6.42 Å². The van der Waals surface area contributed by atoms with Gasteiger partial charge < -0.3 is 15.1 Å². The van der Waals surface area contributed by atoms with Crippen LogP contribution in [0.5, 0.6) is 0 Å². The maximum Gasteiger partial charge on any atom is 0.304 e. The van der Waals surface area contributed by atoms with Gasteiger partial charge in [-0.2, -0.15) is 12.7 Å². The molecule has 0 saturated carbocycles. The minimum absolute atomic E-state index is 0.149. The van der Waals surface area contributed by atoms with Gasteiger partial charge in [-0.3, -0.25) is 4.79 Å². The van der Waals surface area contributed by atoms with E-state index in [-0.39, 0.29) is 5.69 Å². The highest BCUT2D eigenvalue weighted by molar-refractivity contribution is 7.90. The summed E-state index contributed by atoms with van der Waals surface area (Å²) in [5.74, 6) is -1.16. The molecule has 1 saturated heterocycles. The lowest BCUT2D eigenvalue weighted by molar-refractivity contribution is -0.119. The number of para-hydroxylation sites is 1. The number of nitrogens with one attached hydrogen (secondary N) is 1. The van der Waals surface area contributed by atoms with Gasteiger partial charge in [-0.05, 0) is 32.1 Å². The normalized spacial score (nSPS) is 16.3. The Hall–Kier alpha value is -1.75. The summed E-state index contributed by atoms with van der Waals surface area (Å²) in [6.45, 7) is 4.92. The first-order chi connectivity index (χ1) is 13.2. The SMILES string of the molecule is CN1CCN(CCCNC(=O)CN(c2ccccc2F)S(=O)(=O)N(C)C)CC1. The zero-order valence-electron chi connectivity index (χ0n) is 16.8. The fourth-order valence-corrected chi connectivity index (χ4v) is 4.00. The second-order valence-electron chi connectivity index (χ2n) is 7.10. The predicted molar refractivity (Wildman–Crippen MR) is 108 cm³/mol. The van der Waals surface area contributed by atoms with Gasteiger partial charge in [0, 0.05) is 46.8 Å². The van der Waals surface area contributed by atoms with Gasteiger partial charge in [0.2, 0.25) is 5.91 Å². The number of halogens is 1. The number of amides is 1. The van der Waals surface area contributed by atoms with Crippen molar-refractivity contribution in [1.29, 1.82) is 0 Å². The summed E-state index contributed by atoms with van der Waals surface area (Å²) in [5.41, 5.74) is -0.149. The van der Waals surface area contributed by atoms with Crippen molar-refractivity contribution in [2.75, 3.05) is 71.3 Å². The van der Waals surface area contributed by atoms with E-state index in [1.807, 2.05) is 0 Å². The molecule has 0 unspecified atom stereocenters. The lowest BCUT2D eigenvalue weighted by Gasteiger charge is -2.32. The number of rotatable bonds is 9. The zero-order chi connectivity index (χ0) is 20.7. The highest BCUT2D eigenvalue weighted by Crippen LogP contribution is 2.22. The first-order valence-electron chi connectivity index (χ1n) is 9.34. The molecule has 0 radical (unpaired) electrons. The molecule has 1 heterocycles. The number of carbonyl (C=O) groups excluding carboxylic acids is 1. The minimum atomic E-state index is -4.01. The maximum atomic E-state index is 14.2. The third-order valence-corrected chi connectivity index (χ3v) is 6.52. The number of nitrogens with zero attached hydrogens (tertiary/aromatic N) is 4. The summed E-state index contributed by atoms with van der Waals surface area (Å²) in [5, 5.41) is 2.74. The molecule has 1 aliphatic heterocycles. The monoisotopic (exact) mass is 415 g/mol. The first-order valence-corrected chi connectivity index (χ1v) is 10.7. The average molecular weight is 416 g/mol. The van der Waals surface area contributed by atoms with Gasteiger partial charge in [0.15, 0.2) is 0 Å². The van der Waals surface area contributed by atoms with E-state index in [0.717, 1.165) is 47.8 Å². The molecule has 28 heavy (non-hydrogen) atoms. The van der Waals surface area contributed by atoms with E-state index in [4.69, 9.17) is 0 Å². The Morgan fingerprint density at radius 1 is 1.18 bits per heavy atom. The van der Waals surface area contributed by atoms with Crippen molar-refractivity contribution >= 4 is 21.8 Å². The first kappa shape index (κ1) is 22.5. The van der Waals surface area contributed by atoms with Crippen molar-refractivity contribution < 1.29 is 17.6 Å². The zero-order valence-corrected chi connectivity index (χ0v) is 17.6. The average Bonchev–Trinajstić information content (AvgIpc) is 2.65. The van der Waals surface area contributed by atoms with Crippen LogP contribution < -0.4 is 9.62 Å². The topological polar surface area (TPSA) is 76.2 Å². The fourth-order valence-electron chi connectivity index (χ4n) is 2.93. The van der Waals surface area contributed by atoms with Crippen molar-refractivity contribution in [3.05, 3.63) is 30.1 Å². The predicted octanol–water partition coefficient (Wildman–Crippen LogP) is 0.192. The molecule has 1 fully saturated rings. The number of likely N-dealkylation sites (N-methyl/N-ethyl adjacent to an activating group) is 1. The van der Waals surface area contributed by atoms with E-state index in [1.54, 1.807) is 0 Å². The van der Waals surface area contributed by atoms with Crippen molar-refractivity contribution in [1.82, 2.24) is 19.4 Å². The third kappa shape index (κ3) is 6.13. The minimum Gasteiger partial charge on any atom is -0.354 e. The molecule has 1 aliphatic rings. The van der Waals surface area contributed by atoms with Crippen LogP contribution in [0.15, 0.2) is 24.3 Å². The second-order valence-corrected chi connectivity index (χ2v) is 9.16. The van der Waals surface area contributed by atoms with E-state index in [9.17, 15) is 17.6 Å². The van der Waals surface area contributed by atoms with E-state index in [0.29, 0.717) is 6.54 Å². The number of hydrogen-bond donors (Lipinski definition) is 1. The molecule has 8 nitrogen and oxygen atoms in total. The lowest BCUT2D eigenvalue weighted by Crippen LogP contribution is -2.47. The molecule has 1 N–H and O–H groups in total. The summed E-state index contributed by atoms with van der Waals surface area (Å²) in [6.07, 6.45) is 0.773. The Kier molecular flexibility index (Phi) is 8.17. The number of hydrogen-bond acceptors (Lipinski definition) is 5. The van der Waals surface area contributed by atoms with E-state index >= 15 is 0 Å². The summed E-state index contributed by atoms with van der Waals surface area (Å²) in [7, 11) is 0.777. The third-order valence-electron chi connectivity index (χ3n) is 4.72. The molecule has 158 valence electrons. The Morgan fingerprint density at radius 3 is 2.43 bits per heavy atom. The Balaban J connectivity index is 1.91. The van der Waals surface area contributed by atoms with Crippen molar-refractivity contribution in [2.24, 2.45) is 0 Å². The largest absolute Gasteiger partial charge is 0.354 e. The van der Waals surface area contributed by atoms with Crippen LogP contribution >= 0.6 is 0 Å². The van der Waals surface area contributed by atoms with Crippen LogP contribution in [0.2, 0.25) is 0 Å². The number of carbonyl (C=O) groups is 1. The van der Waals surface area contributed by atoms with Crippen LogP contribution in [-0.4, -0.2) is 95.4 Å². The highest BCUT2D eigenvalue weighted by atomic mass is 32.2. The lowest BCUT2D eigenvalue weighted by atomic mass is 10.3. The molecule has 0 aliphatic carbocycles. The summed E-state index contributed by atoms with van der Waals surface area (Å²) in [4.78, 5) is 16.9. The van der Waals surface area contributed by atoms with Gasteiger partial charge in [0.1, 0.15) is 12.4 Å². The van der Waals surface area contributed by atoms with Crippen LogP contribution in [0.3, 0.4) is 0 Å². The van der Waals surface area contributed by atoms with Crippen LogP contribution in [-0.2, 0) is 15.0 Å². The molecular weight excluding hydrogens is 385 g/mol. The van der Waals surface area contributed by atoms with E-state index in [2.05, 4.69) is 22.2 Å². The molecule has 0 bridgehead atoms. The van der Waals surface area contributed by atoms with Gasteiger partial charge in [-0.1, -0.05) is 12.1 Å². The number of piperazine rings is 1. The molecule has 1 aromatic carbocycles. The Labute approximate surface area is 167 Å². The van der Waals surface area contributed by atoms with Crippen LogP contribution in [0.25, 0.3) is 0 Å². The quantitative estimate of drug-likeness (QED) is 0.583. The molecule has 10 heteroatoms. The number of anilines is 1. The molecular formula is C18H30FN5O3S. The molecule has 0 spiro atoms. The van der Waals surface area contributed by atoms with Gasteiger partial charge in [0.25, 0.3) is 0 Å². The Bertz CT molecular complexity index is 751. The van der Waals surface area contributed by atoms with Crippen LogP contribution in [0.4, 0.5) is 10.1 Å². The smallest absolute Gasteiger partial charge is 0.304 e. The van der Waals surface area contributed by atoms with Gasteiger partial charge in [-0.25, -0.2) is 8.70 Å². The molecule has 1 aromatic rings. The summed E-state index contributed by atoms with van der Waals surface area (Å²) in [6, 6.07) is 5.51. The molecule has 1 amide bonds. The standard InChI is InChI=1S/C18H30FN5O3S/c1-21(2)28(26,27)24(17-8-5-4-7-16(17)19)15-18(25)20-9-6-10-23-13-11-22(3)12-14-23/h4-5,7-8H,6,9-15H2,1-3H3,(H,20,25). The molecule has 0 aromatic heterocycles. The second kappa shape index (κ2) is 10.1. The fraction of sp³-hybridized carbons (Fsp3) is 0.611. The van der Waals surface area contributed by atoms with E-state index in [1.165, 1.54) is 38.4 Å². The Morgan fingerprint density at radius 2 is 1.82 bits per heavy atom.